The predicted molar refractivity (Wildman–Crippen MR) is 71.3 cm³/mol. The van der Waals surface area contributed by atoms with Crippen LogP contribution in [0.5, 0.6) is 5.75 Å². The van der Waals surface area contributed by atoms with Crippen LogP contribution in [-0.4, -0.2) is 46.5 Å². The topological polar surface area (TPSA) is 110 Å². The largest absolute Gasteiger partial charge is 0.496 e. The molecule has 1 aliphatic rings. The van der Waals surface area contributed by atoms with Crippen LogP contribution in [0.25, 0.3) is 0 Å². The van der Waals surface area contributed by atoms with E-state index in [4.69, 9.17) is 9.84 Å². The maximum atomic E-state index is 12.5. The van der Waals surface area contributed by atoms with Crippen LogP contribution >= 0.6 is 0 Å². The number of non-ortho nitro benzene ring substituents is 1. The molecule has 1 aromatic carbocycles. The molecular formula is C13H14N2O6. The molecule has 1 amide bonds. The first-order valence-corrected chi connectivity index (χ1v) is 6.32. The molecule has 8 nitrogen and oxygen atoms in total. The number of carbonyl (C=O) groups excluding carboxylic acids is 1. The van der Waals surface area contributed by atoms with Gasteiger partial charge in [0, 0.05) is 18.7 Å². The van der Waals surface area contributed by atoms with Crippen molar-refractivity contribution in [1.29, 1.82) is 0 Å². The van der Waals surface area contributed by atoms with Gasteiger partial charge >= 0.3 is 5.97 Å². The molecule has 1 atom stereocenters. The Labute approximate surface area is 120 Å². The molecule has 1 aliphatic heterocycles. The number of methoxy groups -OCH3 is 1. The highest BCUT2D eigenvalue weighted by Crippen LogP contribution is 2.28. The molecule has 1 heterocycles. The fraction of sp³-hybridized carbons (Fsp3) is 0.385. The summed E-state index contributed by atoms with van der Waals surface area (Å²) in [6.07, 6.45) is 0.957. The van der Waals surface area contributed by atoms with Crippen molar-refractivity contribution in [2.75, 3.05) is 13.7 Å². The molecule has 1 aromatic rings. The molecule has 112 valence electrons. The van der Waals surface area contributed by atoms with Crippen molar-refractivity contribution in [3.05, 3.63) is 33.9 Å². The number of benzene rings is 1. The van der Waals surface area contributed by atoms with Gasteiger partial charge in [-0.15, -0.1) is 0 Å². The molecule has 1 saturated heterocycles. The number of rotatable bonds is 4. The molecule has 1 N–H and O–H groups in total. The van der Waals surface area contributed by atoms with Crippen molar-refractivity contribution in [3.8, 4) is 5.75 Å². The third-order valence-corrected chi connectivity index (χ3v) is 3.42. The molecule has 0 unspecified atom stereocenters. The molecular weight excluding hydrogens is 280 g/mol. The number of carbonyl (C=O) groups is 2. The number of carboxylic acid groups (broad SMARTS) is 1. The highest BCUT2D eigenvalue weighted by Gasteiger charge is 2.35. The summed E-state index contributed by atoms with van der Waals surface area (Å²) < 4.78 is 5.04. The maximum Gasteiger partial charge on any atom is 0.326 e. The summed E-state index contributed by atoms with van der Waals surface area (Å²) in [6.45, 7) is 0.307. The van der Waals surface area contributed by atoms with E-state index in [0.717, 1.165) is 6.07 Å². The van der Waals surface area contributed by atoms with Crippen LogP contribution in [0, 0.1) is 10.1 Å². The second kappa shape index (κ2) is 5.78. The molecule has 0 aliphatic carbocycles. The molecule has 2 rings (SSSR count). The fourth-order valence-corrected chi connectivity index (χ4v) is 2.40. The highest BCUT2D eigenvalue weighted by molar-refractivity contribution is 5.99. The number of nitro groups is 1. The number of carboxylic acids is 1. The zero-order valence-corrected chi connectivity index (χ0v) is 11.3. The van der Waals surface area contributed by atoms with E-state index in [1.165, 1.54) is 24.1 Å². The summed E-state index contributed by atoms with van der Waals surface area (Å²) in [4.78, 5) is 35.0. The summed E-state index contributed by atoms with van der Waals surface area (Å²) in [7, 11) is 1.34. The summed E-state index contributed by atoms with van der Waals surface area (Å²) in [5.74, 6) is -1.47. The Morgan fingerprint density at radius 2 is 2.19 bits per heavy atom. The van der Waals surface area contributed by atoms with Gasteiger partial charge in [-0.3, -0.25) is 14.9 Å². The average molecular weight is 294 g/mol. The van der Waals surface area contributed by atoms with Crippen LogP contribution in [0.4, 0.5) is 5.69 Å². The predicted octanol–water partition coefficient (Wildman–Crippen LogP) is 1.29. The van der Waals surface area contributed by atoms with Gasteiger partial charge in [-0.05, 0) is 18.9 Å². The minimum atomic E-state index is -1.08. The van der Waals surface area contributed by atoms with Crippen LogP contribution in [0.2, 0.25) is 0 Å². The van der Waals surface area contributed by atoms with Gasteiger partial charge < -0.3 is 14.7 Å². The monoisotopic (exact) mass is 294 g/mol. The normalized spacial score (nSPS) is 17.6. The Kier molecular flexibility index (Phi) is 4.06. The zero-order chi connectivity index (χ0) is 15.6. The lowest BCUT2D eigenvalue weighted by Gasteiger charge is -2.22. The Morgan fingerprint density at radius 3 is 2.76 bits per heavy atom. The van der Waals surface area contributed by atoms with Gasteiger partial charge in [0.15, 0.2) is 0 Å². The second-order valence-corrected chi connectivity index (χ2v) is 4.64. The number of hydrogen-bond donors (Lipinski definition) is 1. The number of hydrogen-bond acceptors (Lipinski definition) is 5. The molecule has 0 radical (unpaired) electrons. The molecule has 21 heavy (non-hydrogen) atoms. The van der Waals surface area contributed by atoms with E-state index in [2.05, 4.69) is 0 Å². The number of nitrogens with zero attached hydrogens (tertiary/aromatic N) is 2. The number of amides is 1. The van der Waals surface area contributed by atoms with E-state index < -0.39 is 22.8 Å². The van der Waals surface area contributed by atoms with Crippen molar-refractivity contribution in [1.82, 2.24) is 4.90 Å². The lowest BCUT2D eigenvalue weighted by atomic mass is 10.1. The van der Waals surface area contributed by atoms with Crippen LogP contribution in [0.1, 0.15) is 23.2 Å². The van der Waals surface area contributed by atoms with Crippen LogP contribution < -0.4 is 4.74 Å². The van der Waals surface area contributed by atoms with E-state index >= 15 is 0 Å². The molecule has 0 spiro atoms. The lowest BCUT2D eigenvalue weighted by Crippen LogP contribution is -2.40. The van der Waals surface area contributed by atoms with E-state index in [0.29, 0.717) is 19.4 Å². The first-order valence-electron chi connectivity index (χ1n) is 6.32. The first-order chi connectivity index (χ1) is 9.95. The van der Waals surface area contributed by atoms with Crippen molar-refractivity contribution >= 4 is 17.6 Å². The second-order valence-electron chi connectivity index (χ2n) is 4.64. The Hall–Kier alpha value is -2.64. The van der Waals surface area contributed by atoms with Gasteiger partial charge in [-0.1, -0.05) is 0 Å². The first kappa shape index (κ1) is 14.8. The van der Waals surface area contributed by atoms with Crippen molar-refractivity contribution in [2.45, 2.75) is 18.9 Å². The summed E-state index contributed by atoms with van der Waals surface area (Å²) in [6, 6.07) is 2.77. The molecule has 0 aromatic heterocycles. The molecule has 1 fully saturated rings. The quantitative estimate of drug-likeness (QED) is 0.662. The van der Waals surface area contributed by atoms with E-state index in [-0.39, 0.29) is 17.0 Å². The number of nitro benzene ring substituents is 1. The summed E-state index contributed by atoms with van der Waals surface area (Å²) >= 11 is 0. The van der Waals surface area contributed by atoms with E-state index in [9.17, 15) is 19.7 Å². The van der Waals surface area contributed by atoms with Gasteiger partial charge in [-0.25, -0.2) is 4.79 Å². The van der Waals surface area contributed by atoms with Crippen molar-refractivity contribution in [3.63, 3.8) is 0 Å². The van der Waals surface area contributed by atoms with Crippen molar-refractivity contribution in [2.24, 2.45) is 0 Å². The number of likely N-dealkylation sites (tertiary alicyclic amines) is 1. The average Bonchev–Trinajstić information content (AvgIpc) is 2.95. The van der Waals surface area contributed by atoms with Gasteiger partial charge in [0.05, 0.1) is 17.6 Å². The lowest BCUT2D eigenvalue weighted by molar-refractivity contribution is -0.384. The molecule has 0 bridgehead atoms. The van der Waals surface area contributed by atoms with E-state index in [1.54, 1.807) is 0 Å². The number of ether oxygens (including phenoxy) is 1. The minimum absolute atomic E-state index is 0.000139. The Balaban J connectivity index is 2.39. The van der Waals surface area contributed by atoms with Gasteiger partial charge in [-0.2, -0.15) is 0 Å². The van der Waals surface area contributed by atoms with Gasteiger partial charge in [0.1, 0.15) is 11.8 Å². The SMILES string of the molecule is COc1ccc([N+](=O)[O-])cc1C(=O)N1CCC[C@@H]1C(=O)O. The van der Waals surface area contributed by atoms with Crippen molar-refractivity contribution < 1.29 is 24.4 Å². The number of aliphatic carboxylic acids is 1. The third-order valence-electron chi connectivity index (χ3n) is 3.42. The zero-order valence-electron chi connectivity index (χ0n) is 11.3. The standard InChI is InChI=1S/C13H14N2O6/c1-21-11-5-4-8(15(19)20)7-9(11)12(16)14-6-2-3-10(14)13(17)18/h4-5,7,10H,2-3,6H2,1H3,(H,17,18)/t10-/m1/s1. The van der Waals surface area contributed by atoms with Crippen LogP contribution in [0.3, 0.4) is 0 Å². The molecule has 8 heteroatoms. The summed E-state index contributed by atoms with van der Waals surface area (Å²) in [5, 5.41) is 19.9. The summed E-state index contributed by atoms with van der Waals surface area (Å²) in [5.41, 5.74) is -0.245. The van der Waals surface area contributed by atoms with Crippen LogP contribution in [0.15, 0.2) is 18.2 Å². The van der Waals surface area contributed by atoms with Gasteiger partial charge in [0.2, 0.25) is 0 Å². The molecule has 0 saturated carbocycles. The highest BCUT2D eigenvalue weighted by atomic mass is 16.6. The van der Waals surface area contributed by atoms with E-state index in [1.807, 2.05) is 0 Å². The van der Waals surface area contributed by atoms with Crippen LogP contribution in [-0.2, 0) is 4.79 Å². The Morgan fingerprint density at radius 1 is 1.48 bits per heavy atom. The van der Waals surface area contributed by atoms with Gasteiger partial charge in [0.25, 0.3) is 11.6 Å². The fourth-order valence-electron chi connectivity index (χ4n) is 2.40. The Bertz CT molecular complexity index is 600. The maximum absolute atomic E-state index is 12.5. The third kappa shape index (κ3) is 2.78. The smallest absolute Gasteiger partial charge is 0.326 e. The minimum Gasteiger partial charge on any atom is -0.496 e.